The van der Waals surface area contributed by atoms with Crippen LogP contribution >= 0.6 is 57.6 Å². The van der Waals surface area contributed by atoms with Crippen molar-refractivity contribution in [1.29, 1.82) is 10.8 Å². The van der Waals surface area contributed by atoms with E-state index in [0.717, 1.165) is 29.8 Å². The summed E-state index contributed by atoms with van der Waals surface area (Å²) in [7, 11) is 0. The molecule has 0 heterocycles. The number of halogens is 3. The van der Waals surface area contributed by atoms with Gasteiger partial charge in [0.2, 0.25) is 0 Å². The van der Waals surface area contributed by atoms with Crippen LogP contribution in [0.25, 0.3) is 0 Å². The van der Waals surface area contributed by atoms with Crippen molar-refractivity contribution in [2.75, 3.05) is 0 Å². The number of ether oxygens (including phenoxy) is 2. The Morgan fingerprint density at radius 3 is 1.32 bits per heavy atom. The number of hydrogen-bond donors (Lipinski definition) is 4. The molecule has 0 aromatic heterocycles. The summed E-state index contributed by atoms with van der Waals surface area (Å²) in [5.41, 5.74) is 14.5. The van der Waals surface area contributed by atoms with Crippen LogP contribution in [0.3, 0.4) is 0 Å². The highest BCUT2D eigenvalue weighted by Gasteiger charge is 2.07. The molecule has 0 fully saturated rings. The van der Waals surface area contributed by atoms with E-state index in [1.54, 1.807) is 12.1 Å². The van der Waals surface area contributed by atoms with Crippen LogP contribution in [0.15, 0.2) is 60.7 Å². The van der Waals surface area contributed by atoms with Crippen LogP contribution in [0, 0.1) is 18.0 Å². The molecule has 0 radical (unpaired) electrons. The molecular formula is C22H21ClI2N4O2. The molecule has 0 aliphatic heterocycles. The number of nitrogens with two attached hydrogens (primary N) is 2. The van der Waals surface area contributed by atoms with Gasteiger partial charge in [-0.05, 0) is 92.7 Å². The van der Waals surface area contributed by atoms with Crippen molar-refractivity contribution in [3.63, 3.8) is 0 Å². The van der Waals surface area contributed by atoms with Gasteiger partial charge in [0, 0.05) is 11.1 Å². The number of hydrogen-bond acceptors (Lipinski definition) is 4. The molecule has 0 aliphatic rings. The van der Waals surface area contributed by atoms with E-state index >= 15 is 0 Å². The average molecular weight is 663 g/mol. The first-order chi connectivity index (χ1) is 14.3. The maximum Gasteiger partial charge on any atom is 0.133 e. The SMILES string of the molecule is Cl.N=C(N)c1ccc(OCc2ccc(COc3ccc(C(=N)N)cc3I)cc2)c(I)c1. The van der Waals surface area contributed by atoms with Gasteiger partial charge in [-0.3, -0.25) is 10.8 Å². The number of rotatable bonds is 8. The minimum atomic E-state index is 0. The van der Waals surface area contributed by atoms with E-state index in [1.807, 2.05) is 48.5 Å². The maximum atomic E-state index is 7.50. The van der Waals surface area contributed by atoms with Crippen molar-refractivity contribution in [1.82, 2.24) is 0 Å². The minimum absolute atomic E-state index is 0. The minimum Gasteiger partial charge on any atom is -0.488 e. The van der Waals surface area contributed by atoms with E-state index in [0.29, 0.717) is 24.3 Å². The molecule has 3 aromatic carbocycles. The molecule has 0 atom stereocenters. The fraction of sp³-hybridized carbons (Fsp3) is 0.0909. The molecule has 3 rings (SSSR count). The summed E-state index contributed by atoms with van der Waals surface area (Å²) < 4.78 is 13.6. The van der Waals surface area contributed by atoms with Gasteiger partial charge in [0.05, 0.1) is 7.14 Å². The van der Waals surface area contributed by atoms with Crippen LogP contribution in [0.4, 0.5) is 0 Å². The highest BCUT2D eigenvalue weighted by molar-refractivity contribution is 14.1. The predicted molar refractivity (Wildman–Crippen MR) is 143 cm³/mol. The Hall–Kier alpha value is -2.05. The highest BCUT2D eigenvalue weighted by Crippen LogP contribution is 2.24. The van der Waals surface area contributed by atoms with E-state index < -0.39 is 0 Å². The normalized spacial score (nSPS) is 10.1. The van der Waals surface area contributed by atoms with E-state index in [9.17, 15) is 0 Å². The third-order valence-electron chi connectivity index (χ3n) is 4.30. The molecule has 162 valence electrons. The zero-order chi connectivity index (χ0) is 21.7. The second-order valence-corrected chi connectivity index (χ2v) is 8.84. The summed E-state index contributed by atoms with van der Waals surface area (Å²) >= 11 is 4.36. The lowest BCUT2D eigenvalue weighted by molar-refractivity contribution is 0.300. The maximum absolute atomic E-state index is 7.50. The van der Waals surface area contributed by atoms with Crippen molar-refractivity contribution in [2.24, 2.45) is 11.5 Å². The molecule has 9 heteroatoms. The molecule has 3 aromatic rings. The summed E-state index contributed by atoms with van der Waals surface area (Å²) in [6, 6.07) is 19.0. The molecule has 6 N–H and O–H groups in total. The van der Waals surface area contributed by atoms with Gasteiger partial charge in [-0.2, -0.15) is 0 Å². The smallest absolute Gasteiger partial charge is 0.133 e. The van der Waals surface area contributed by atoms with E-state index in [-0.39, 0.29) is 24.1 Å². The summed E-state index contributed by atoms with van der Waals surface area (Å²) in [5, 5.41) is 15.0. The zero-order valence-corrected chi connectivity index (χ0v) is 21.5. The zero-order valence-electron chi connectivity index (χ0n) is 16.3. The average Bonchev–Trinajstić information content (AvgIpc) is 2.72. The van der Waals surface area contributed by atoms with Gasteiger partial charge >= 0.3 is 0 Å². The summed E-state index contributed by atoms with van der Waals surface area (Å²) in [4.78, 5) is 0. The van der Waals surface area contributed by atoms with Gasteiger partial charge in [-0.25, -0.2) is 0 Å². The van der Waals surface area contributed by atoms with Crippen LogP contribution in [-0.4, -0.2) is 11.7 Å². The predicted octanol–water partition coefficient (Wildman–Crippen LogP) is 5.04. The summed E-state index contributed by atoms with van der Waals surface area (Å²) in [6.07, 6.45) is 0. The Kier molecular flexibility index (Phi) is 9.38. The molecule has 0 amide bonds. The molecule has 31 heavy (non-hydrogen) atoms. The van der Waals surface area contributed by atoms with Crippen molar-refractivity contribution >= 4 is 69.3 Å². The molecule has 0 saturated heterocycles. The third kappa shape index (κ3) is 6.97. The first kappa shape index (κ1) is 25.2. The first-order valence-corrected chi connectivity index (χ1v) is 11.1. The monoisotopic (exact) mass is 662 g/mol. The molecule has 0 bridgehead atoms. The van der Waals surface area contributed by atoms with Crippen molar-refractivity contribution in [3.8, 4) is 11.5 Å². The number of benzene rings is 3. The van der Waals surface area contributed by atoms with Gasteiger partial charge in [0.1, 0.15) is 36.4 Å². The Labute approximate surface area is 214 Å². The molecular weight excluding hydrogens is 642 g/mol. The Morgan fingerprint density at radius 1 is 0.677 bits per heavy atom. The molecule has 0 aliphatic carbocycles. The van der Waals surface area contributed by atoms with Crippen LogP contribution in [0.2, 0.25) is 0 Å². The van der Waals surface area contributed by atoms with Crippen molar-refractivity contribution < 1.29 is 9.47 Å². The Balaban J connectivity index is 0.00000341. The fourth-order valence-corrected chi connectivity index (χ4v) is 3.97. The second-order valence-electron chi connectivity index (χ2n) is 6.51. The lowest BCUT2D eigenvalue weighted by atomic mass is 10.1. The number of nitrogen functional groups attached to an aromatic ring is 2. The lowest BCUT2D eigenvalue weighted by Crippen LogP contribution is -2.11. The topological polar surface area (TPSA) is 118 Å². The molecule has 0 unspecified atom stereocenters. The van der Waals surface area contributed by atoms with Crippen LogP contribution < -0.4 is 20.9 Å². The van der Waals surface area contributed by atoms with E-state index in [1.165, 1.54) is 0 Å². The lowest BCUT2D eigenvalue weighted by Gasteiger charge is -2.11. The summed E-state index contributed by atoms with van der Waals surface area (Å²) in [5.74, 6) is 1.61. The quantitative estimate of drug-likeness (QED) is 0.154. The van der Waals surface area contributed by atoms with Gasteiger partial charge in [-0.1, -0.05) is 24.3 Å². The van der Waals surface area contributed by atoms with Gasteiger partial charge < -0.3 is 20.9 Å². The van der Waals surface area contributed by atoms with Gasteiger partial charge in [0.25, 0.3) is 0 Å². The van der Waals surface area contributed by atoms with Crippen LogP contribution in [0.1, 0.15) is 22.3 Å². The Morgan fingerprint density at radius 2 is 1.03 bits per heavy atom. The van der Waals surface area contributed by atoms with Crippen LogP contribution in [0.5, 0.6) is 11.5 Å². The van der Waals surface area contributed by atoms with Crippen molar-refractivity contribution in [2.45, 2.75) is 13.2 Å². The largest absolute Gasteiger partial charge is 0.488 e. The number of nitrogens with one attached hydrogen (secondary N) is 2. The number of amidine groups is 2. The van der Waals surface area contributed by atoms with Gasteiger partial charge in [0.15, 0.2) is 0 Å². The second kappa shape index (κ2) is 11.5. The van der Waals surface area contributed by atoms with Crippen LogP contribution in [-0.2, 0) is 13.2 Å². The standard InChI is InChI=1S/C22H20I2N4O2.ClH/c23-17-9-15(21(25)26)5-7-19(17)29-11-13-1-2-14(4-3-13)12-30-20-8-6-16(22(27)28)10-18(20)24;/h1-10H,11-12H2,(H3,25,26)(H3,27,28);1H. The fourth-order valence-electron chi connectivity index (χ4n) is 2.62. The van der Waals surface area contributed by atoms with Gasteiger partial charge in [-0.15, -0.1) is 12.4 Å². The summed E-state index contributed by atoms with van der Waals surface area (Å²) in [6.45, 7) is 0.891. The highest BCUT2D eigenvalue weighted by atomic mass is 127. The third-order valence-corrected chi connectivity index (χ3v) is 5.98. The van der Waals surface area contributed by atoms with Crippen molar-refractivity contribution in [3.05, 3.63) is 90.1 Å². The molecule has 6 nitrogen and oxygen atoms in total. The molecule has 0 spiro atoms. The Bertz CT molecular complexity index is 1000. The van der Waals surface area contributed by atoms with E-state index in [4.69, 9.17) is 31.8 Å². The molecule has 0 saturated carbocycles. The van der Waals surface area contributed by atoms with E-state index in [2.05, 4.69) is 45.2 Å². The first-order valence-electron chi connectivity index (χ1n) is 8.95.